The van der Waals surface area contributed by atoms with Gasteiger partial charge in [-0.05, 0) is 49.9 Å². The molecule has 1 aliphatic rings. The summed E-state index contributed by atoms with van der Waals surface area (Å²) in [4.78, 5) is 0. The predicted octanol–water partition coefficient (Wildman–Crippen LogP) is 2.88. The van der Waals surface area contributed by atoms with Crippen LogP contribution in [0.4, 0.5) is 4.39 Å². The summed E-state index contributed by atoms with van der Waals surface area (Å²) in [6.07, 6.45) is 1.86. The van der Waals surface area contributed by atoms with Crippen LogP contribution in [-0.4, -0.2) is 19.3 Å². The second-order valence-corrected chi connectivity index (χ2v) is 4.73. The van der Waals surface area contributed by atoms with Crippen molar-refractivity contribution in [3.05, 3.63) is 35.4 Å². The Bertz CT molecular complexity index is 331. The number of rotatable bonds is 3. The molecule has 2 heteroatoms. The Balaban J connectivity index is 1.96. The molecule has 1 N–H and O–H groups in total. The van der Waals surface area contributed by atoms with Crippen LogP contribution in [0.15, 0.2) is 24.3 Å². The Hall–Kier alpha value is -0.890. The SMILES string of the molecule is Cc1ccccc1CC(F)C1CCNCC1. The van der Waals surface area contributed by atoms with Crippen LogP contribution in [-0.2, 0) is 6.42 Å². The van der Waals surface area contributed by atoms with Crippen molar-refractivity contribution in [3.8, 4) is 0 Å². The van der Waals surface area contributed by atoms with E-state index in [9.17, 15) is 4.39 Å². The molecule has 0 aliphatic carbocycles. The van der Waals surface area contributed by atoms with Crippen molar-refractivity contribution in [1.29, 1.82) is 0 Å². The van der Waals surface area contributed by atoms with Gasteiger partial charge in [-0.25, -0.2) is 4.39 Å². The van der Waals surface area contributed by atoms with Gasteiger partial charge in [0.15, 0.2) is 0 Å². The van der Waals surface area contributed by atoms with E-state index in [0.29, 0.717) is 6.42 Å². The van der Waals surface area contributed by atoms with E-state index in [1.807, 2.05) is 18.2 Å². The number of aryl methyl sites for hydroxylation is 1. The zero-order chi connectivity index (χ0) is 11.4. The van der Waals surface area contributed by atoms with E-state index in [1.54, 1.807) is 0 Å². The number of piperidine rings is 1. The van der Waals surface area contributed by atoms with Crippen LogP contribution in [0.25, 0.3) is 0 Å². The van der Waals surface area contributed by atoms with Crippen molar-refractivity contribution in [2.45, 2.75) is 32.4 Å². The Morgan fingerprint density at radius 3 is 2.69 bits per heavy atom. The topological polar surface area (TPSA) is 12.0 Å². The van der Waals surface area contributed by atoms with Crippen molar-refractivity contribution in [2.24, 2.45) is 5.92 Å². The lowest BCUT2D eigenvalue weighted by Gasteiger charge is -2.26. The Morgan fingerprint density at radius 1 is 1.31 bits per heavy atom. The van der Waals surface area contributed by atoms with E-state index in [2.05, 4.69) is 18.3 Å². The molecule has 0 saturated carbocycles. The van der Waals surface area contributed by atoms with Gasteiger partial charge in [0.25, 0.3) is 0 Å². The molecular formula is C14H20FN. The first-order chi connectivity index (χ1) is 7.77. The molecular weight excluding hydrogens is 201 g/mol. The molecule has 1 fully saturated rings. The van der Waals surface area contributed by atoms with E-state index in [-0.39, 0.29) is 5.92 Å². The molecule has 88 valence electrons. The average Bonchev–Trinajstić information content (AvgIpc) is 2.33. The minimum Gasteiger partial charge on any atom is -0.317 e. The standard InChI is InChI=1S/C14H20FN/c1-11-4-2-3-5-13(11)10-14(15)12-6-8-16-9-7-12/h2-5,12,14,16H,6-10H2,1H3. The van der Waals surface area contributed by atoms with Gasteiger partial charge < -0.3 is 5.32 Å². The molecule has 1 nitrogen and oxygen atoms in total. The summed E-state index contributed by atoms with van der Waals surface area (Å²) in [5.74, 6) is 0.251. The fourth-order valence-electron chi connectivity index (χ4n) is 2.42. The number of hydrogen-bond acceptors (Lipinski definition) is 1. The molecule has 1 saturated heterocycles. The minimum atomic E-state index is -0.678. The number of alkyl halides is 1. The van der Waals surface area contributed by atoms with Crippen molar-refractivity contribution >= 4 is 0 Å². The maximum absolute atomic E-state index is 14.1. The van der Waals surface area contributed by atoms with Crippen LogP contribution in [0.5, 0.6) is 0 Å². The molecule has 16 heavy (non-hydrogen) atoms. The van der Waals surface area contributed by atoms with Gasteiger partial charge in [-0.1, -0.05) is 24.3 Å². The van der Waals surface area contributed by atoms with Crippen molar-refractivity contribution in [2.75, 3.05) is 13.1 Å². The maximum atomic E-state index is 14.1. The third-order valence-electron chi connectivity index (χ3n) is 3.57. The van der Waals surface area contributed by atoms with Gasteiger partial charge in [0.05, 0.1) is 0 Å². The van der Waals surface area contributed by atoms with Crippen molar-refractivity contribution in [3.63, 3.8) is 0 Å². The van der Waals surface area contributed by atoms with Gasteiger partial charge in [-0.15, -0.1) is 0 Å². The van der Waals surface area contributed by atoms with E-state index in [0.717, 1.165) is 31.5 Å². The zero-order valence-corrected chi connectivity index (χ0v) is 9.88. The maximum Gasteiger partial charge on any atom is 0.107 e. The highest BCUT2D eigenvalue weighted by Crippen LogP contribution is 2.23. The molecule has 1 aromatic carbocycles. The first-order valence-corrected chi connectivity index (χ1v) is 6.16. The summed E-state index contributed by atoms with van der Waals surface area (Å²) in [6, 6.07) is 8.11. The highest BCUT2D eigenvalue weighted by atomic mass is 19.1. The largest absolute Gasteiger partial charge is 0.317 e. The summed E-state index contributed by atoms with van der Waals surface area (Å²) in [6.45, 7) is 4.00. The van der Waals surface area contributed by atoms with Crippen LogP contribution in [0.2, 0.25) is 0 Å². The van der Waals surface area contributed by atoms with Gasteiger partial charge in [0, 0.05) is 6.42 Å². The molecule has 0 radical (unpaired) electrons. The fraction of sp³-hybridized carbons (Fsp3) is 0.571. The van der Waals surface area contributed by atoms with E-state index in [4.69, 9.17) is 0 Å². The van der Waals surface area contributed by atoms with Crippen LogP contribution in [0.3, 0.4) is 0 Å². The lowest BCUT2D eigenvalue weighted by molar-refractivity contribution is 0.187. The van der Waals surface area contributed by atoms with Crippen molar-refractivity contribution in [1.82, 2.24) is 5.32 Å². The van der Waals surface area contributed by atoms with Gasteiger partial charge >= 0.3 is 0 Å². The van der Waals surface area contributed by atoms with Crippen molar-refractivity contribution < 1.29 is 4.39 Å². The second kappa shape index (κ2) is 5.44. The number of halogens is 1. The molecule has 0 spiro atoms. The van der Waals surface area contributed by atoms with Gasteiger partial charge in [0.2, 0.25) is 0 Å². The molecule has 1 unspecified atom stereocenters. The number of benzene rings is 1. The first-order valence-electron chi connectivity index (χ1n) is 6.16. The molecule has 0 aromatic heterocycles. The molecule has 1 heterocycles. The predicted molar refractivity (Wildman–Crippen MR) is 65.4 cm³/mol. The fourth-order valence-corrected chi connectivity index (χ4v) is 2.42. The highest BCUT2D eigenvalue weighted by Gasteiger charge is 2.23. The summed E-state index contributed by atoms with van der Waals surface area (Å²) in [7, 11) is 0. The number of nitrogens with one attached hydrogen (secondary N) is 1. The third-order valence-corrected chi connectivity index (χ3v) is 3.57. The third kappa shape index (κ3) is 2.82. The Morgan fingerprint density at radius 2 is 2.00 bits per heavy atom. The highest BCUT2D eigenvalue weighted by molar-refractivity contribution is 5.26. The zero-order valence-electron chi connectivity index (χ0n) is 9.88. The van der Waals surface area contributed by atoms with Gasteiger partial charge in [0.1, 0.15) is 6.17 Å². The van der Waals surface area contributed by atoms with Gasteiger partial charge in [-0.2, -0.15) is 0 Å². The van der Waals surface area contributed by atoms with E-state index < -0.39 is 6.17 Å². The Labute approximate surface area is 97.1 Å². The van der Waals surface area contributed by atoms with Crippen LogP contribution < -0.4 is 5.32 Å². The summed E-state index contributed by atoms with van der Waals surface area (Å²) >= 11 is 0. The minimum absolute atomic E-state index is 0.251. The van der Waals surface area contributed by atoms with Gasteiger partial charge in [-0.3, -0.25) is 0 Å². The summed E-state index contributed by atoms with van der Waals surface area (Å²) in [5, 5.41) is 3.28. The van der Waals surface area contributed by atoms with Crippen LogP contribution in [0.1, 0.15) is 24.0 Å². The quantitative estimate of drug-likeness (QED) is 0.827. The molecule has 1 atom stereocenters. The molecule has 2 rings (SSSR count). The lowest BCUT2D eigenvalue weighted by Crippen LogP contribution is -2.33. The van der Waals surface area contributed by atoms with Crippen LogP contribution in [0, 0.1) is 12.8 Å². The smallest absolute Gasteiger partial charge is 0.107 e. The van der Waals surface area contributed by atoms with E-state index >= 15 is 0 Å². The average molecular weight is 221 g/mol. The normalized spacial score (nSPS) is 19.6. The number of hydrogen-bond donors (Lipinski definition) is 1. The molecule has 0 amide bonds. The molecule has 1 aromatic rings. The van der Waals surface area contributed by atoms with E-state index in [1.165, 1.54) is 5.56 Å². The molecule has 0 bridgehead atoms. The van der Waals surface area contributed by atoms with Crippen LogP contribution >= 0.6 is 0 Å². The summed E-state index contributed by atoms with van der Waals surface area (Å²) in [5.41, 5.74) is 2.37. The monoisotopic (exact) mass is 221 g/mol. The molecule has 1 aliphatic heterocycles. The first kappa shape index (κ1) is 11.6. The lowest BCUT2D eigenvalue weighted by atomic mass is 9.89. The summed E-state index contributed by atoms with van der Waals surface area (Å²) < 4.78 is 14.1. The Kier molecular flexibility index (Phi) is 3.94. The second-order valence-electron chi connectivity index (χ2n) is 4.73.